The summed E-state index contributed by atoms with van der Waals surface area (Å²) in [5, 5.41) is 4.17. The van der Waals surface area contributed by atoms with E-state index >= 15 is 0 Å². The first-order valence-electron chi connectivity index (χ1n) is 8.61. The van der Waals surface area contributed by atoms with Crippen molar-refractivity contribution in [2.24, 2.45) is 5.92 Å². The summed E-state index contributed by atoms with van der Waals surface area (Å²) in [4.78, 5) is 12.6. The predicted molar refractivity (Wildman–Crippen MR) is 106 cm³/mol. The van der Waals surface area contributed by atoms with Crippen LogP contribution < -0.4 is 5.32 Å². The molecular formula is C21H25Cl2NO. The Hall–Kier alpha value is -1.51. The van der Waals surface area contributed by atoms with E-state index in [1.807, 2.05) is 0 Å². The number of carbonyl (C=O) groups is 1. The Bertz CT molecular complexity index is 703. The largest absolute Gasteiger partial charge is 0.349 e. The van der Waals surface area contributed by atoms with Crippen LogP contribution >= 0.6 is 23.2 Å². The van der Waals surface area contributed by atoms with Gasteiger partial charge in [-0.25, -0.2) is 0 Å². The van der Waals surface area contributed by atoms with Crippen molar-refractivity contribution in [1.29, 1.82) is 0 Å². The molecule has 1 amide bonds. The fraction of sp³-hybridized carbons (Fsp3) is 0.381. The summed E-state index contributed by atoms with van der Waals surface area (Å²) in [6.45, 7) is 8.54. The smallest absolute Gasteiger partial charge is 0.225 e. The molecule has 134 valence electrons. The van der Waals surface area contributed by atoms with Gasteiger partial charge in [0.2, 0.25) is 5.91 Å². The van der Waals surface area contributed by atoms with Crippen molar-refractivity contribution in [1.82, 2.24) is 5.32 Å². The quantitative estimate of drug-likeness (QED) is 0.640. The molecule has 0 unspecified atom stereocenters. The third kappa shape index (κ3) is 5.23. The van der Waals surface area contributed by atoms with Gasteiger partial charge >= 0.3 is 0 Å². The van der Waals surface area contributed by atoms with Gasteiger partial charge in [0, 0.05) is 10.0 Å². The molecular weight excluding hydrogens is 353 g/mol. The highest BCUT2D eigenvalue weighted by molar-refractivity contribution is 6.36. The number of amides is 1. The summed E-state index contributed by atoms with van der Waals surface area (Å²) >= 11 is 12.3. The second kappa shape index (κ2) is 8.73. The Morgan fingerprint density at radius 2 is 1.44 bits per heavy atom. The number of hydrogen-bond donors (Lipinski definition) is 1. The molecule has 25 heavy (non-hydrogen) atoms. The molecule has 0 heterocycles. The molecule has 0 fully saturated rings. The summed E-state index contributed by atoms with van der Waals surface area (Å²) in [6.07, 6.45) is 0.172. The first kappa shape index (κ1) is 19.8. The minimum absolute atomic E-state index is 0.0463. The van der Waals surface area contributed by atoms with Crippen LogP contribution in [-0.4, -0.2) is 5.91 Å². The van der Waals surface area contributed by atoms with Gasteiger partial charge in [0.1, 0.15) is 0 Å². The monoisotopic (exact) mass is 377 g/mol. The van der Waals surface area contributed by atoms with Gasteiger partial charge in [0.25, 0.3) is 0 Å². The summed E-state index contributed by atoms with van der Waals surface area (Å²) in [6, 6.07) is 13.7. The van der Waals surface area contributed by atoms with E-state index in [2.05, 4.69) is 57.3 Å². The molecule has 0 radical (unpaired) electrons. The van der Waals surface area contributed by atoms with E-state index in [4.69, 9.17) is 23.2 Å². The third-order valence-corrected chi connectivity index (χ3v) is 5.05. The highest BCUT2D eigenvalue weighted by Gasteiger charge is 2.20. The molecule has 0 aromatic heterocycles. The lowest BCUT2D eigenvalue weighted by Gasteiger charge is -2.24. The molecule has 0 spiro atoms. The number of rotatable bonds is 6. The third-order valence-electron chi connectivity index (χ3n) is 4.34. The van der Waals surface area contributed by atoms with Crippen LogP contribution in [0.3, 0.4) is 0 Å². The van der Waals surface area contributed by atoms with Crippen LogP contribution in [0.15, 0.2) is 42.5 Å². The highest BCUT2D eigenvalue weighted by atomic mass is 35.5. The molecule has 0 saturated heterocycles. The minimum atomic E-state index is -0.0818. The second-order valence-electron chi connectivity index (χ2n) is 6.99. The number of hydrogen-bond acceptors (Lipinski definition) is 1. The van der Waals surface area contributed by atoms with Gasteiger partial charge in [0.15, 0.2) is 0 Å². The normalized spacial score (nSPS) is 12.5. The van der Waals surface area contributed by atoms with E-state index in [0.29, 0.717) is 21.5 Å². The summed E-state index contributed by atoms with van der Waals surface area (Å²) in [5.41, 5.74) is 3.07. The van der Waals surface area contributed by atoms with Crippen LogP contribution in [0.1, 0.15) is 56.3 Å². The molecule has 1 atom stereocenters. The number of nitrogens with one attached hydrogen (secondary N) is 1. The Morgan fingerprint density at radius 1 is 0.920 bits per heavy atom. The molecule has 2 nitrogen and oxygen atoms in total. The molecule has 2 aromatic carbocycles. The predicted octanol–water partition coefficient (Wildman–Crippen LogP) is 6.17. The van der Waals surface area contributed by atoms with E-state index in [0.717, 1.165) is 5.56 Å². The Balaban J connectivity index is 2.14. The zero-order chi connectivity index (χ0) is 18.6. The Labute approximate surface area is 160 Å². The standard InChI is InChI=1S/C21H25Cl2NO/c1-13(2)15-8-10-16(11-9-15)21(14(3)4)24-20(25)12-17-18(22)6-5-7-19(17)23/h5-11,13-14,21H,12H2,1-4H3,(H,24,25)/t21-/m1/s1. The van der Waals surface area contributed by atoms with Crippen molar-refractivity contribution >= 4 is 29.1 Å². The average molecular weight is 378 g/mol. The maximum atomic E-state index is 12.6. The van der Waals surface area contributed by atoms with Crippen LogP contribution in [0.4, 0.5) is 0 Å². The van der Waals surface area contributed by atoms with Crippen molar-refractivity contribution in [3.63, 3.8) is 0 Å². The number of benzene rings is 2. The summed E-state index contributed by atoms with van der Waals surface area (Å²) in [5.74, 6) is 0.681. The van der Waals surface area contributed by atoms with E-state index < -0.39 is 0 Å². The average Bonchev–Trinajstić information content (AvgIpc) is 2.56. The van der Waals surface area contributed by atoms with Gasteiger partial charge in [0.05, 0.1) is 12.5 Å². The summed E-state index contributed by atoms with van der Waals surface area (Å²) < 4.78 is 0. The van der Waals surface area contributed by atoms with Crippen LogP contribution in [0.2, 0.25) is 10.0 Å². The van der Waals surface area contributed by atoms with E-state index in [1.54, 1.807) is 18.2 Å². The Morgan fingerprint density at radius 3 is 1.92 bits per heavy atom. The fourth-order valence-electron chi connectivity index (χ4n) is 2.81. The van der Waals surface area contributed by atoms with Gasteiger partial charge in [-0.3, -0.25) is 4.79 Å². The van der Waals surface area contributed by atoms with E-state index in [1.165, 1.54) is 5.56 Å². The van der Waals surface area contributed by atoms with E-state index in [-0.39, 0.29) is 24.3 Å². The molecule has 4 heteroatoms. The lowest BCUT2D eigenvalue weighted by molar-refractivity contribution is -0.121. The van der Waals surface area contributed by atoms with Crippen molar-refractivity contribution in [2.75, 3.05) is 0 Å². The fourth-order valence-corrected chi connectivity index (χ4v) is 3.34. The topological polar surface area (TPSA) is 29.1 Å². The van der Waals surface area contributed by atoms with Gasteiger partial charge in [-0.1, -0.05) is 81.2 Å². The molecule has 1 N–H and O–H groups in total. The first-order valence-corrected chi connectivity index (χ1v) is 9.37. The van der Waals surface area contributed by atoms with Crippen LogP contribution in [0.25, 0.3) is 0 Å². The maximum absolute atomic E-state index is 12.6. The zero-order valence-electron chi connectivity index (χ0n) is 15.1. The summed E-state index contributed by atoms with van der Waals surface area (Å²) in [7, 11) is 0. The maximum Gasteiger partial charge on any atom is 0.225 e. The SMILES string of the molecule is CC(C)c1ccc([C@H](NC(=O)Cc2c(Cl)cccc2Cl)C(C)C)cc1. The first-order chi connectivity index (χ1) is 11.8. The number of carbonyl (C=O) groups excluding carboxylic acids is 1. The second-order valence-corrected chi connectivity index (χ2v) is 7.80. The number of halogens is 2. The van der Waals surface area contributed by atoms with E-state index in [9.17, 15) is 4.79 Å². The van der Waals surface area contributed by atoms with Crippen molar-refractivity contribution < 1.29 is 4.79 Å². The van der Waals surface area contributed by atoms with Gasteiger partial charge in [-0.05, 0) is 40.7 Å². The molecule has 2 aromatic rings. The zero-order valence-corrected chi connectivity index (χ0v) is 16.7. The molecule has 0 aliphatic rings. The lowest BCUT2D eigenvalue weighted by atomic mass is 9.93. The van der Waals surface area contributed by atoms with Crippen LogP contribution in [-0.2, 0) is 11.2 Å². The molecule has 0 bridgehead atoms. The van der Waals surface area contributed by atoms with Crippen molar-refractivity contribution in [2.45, 2.75) is 46.1 Å². The van der Waals surface area contributed by atoms with Gasteiger partial charge in [-0.2, -0.15) is 0 Å². The van der Waals surface area contributed by atoms with Gasteiger partial charge < -0.3 is 5.32 Å². The Kier molecular flexibility index (Phi) is 6.92. The molecule has 0 saturated carbocycles. The highest BCUT2D eigenvalue weighted by Crippen LogP contribution is 2.27. The molecule has 2 rings (SSSR count). The minimum Gasteiger partial charge on any atom is -0.349 e. The molecule has 0 aliphatic heterocycles. The van der Waals surface area contributed by atoms with Crippen molar-refractivity contribution in [3.8, 4) is 0 Å². The van der Waals surface area contributed by atoms with Gasteiger partial charge in [-0.15, -0.1) is 0 Å². The van der Waals surface area contributed by atoms with Crippen molar-refractivity contribution in [3.05, 3.63) is 69.2 Å². The lowest BCUT2D eigenvalue weighted by Crippen LogP contribution is -2.33. The van der Waals surface area contributed by atoms with Crippen LogP contribution in [0, 0.1) is 5.92 Å². The molecule has 0 aliphatic carbocycles. The van der Waals surface area contributed by atoms with Crippen LogP contribution in [0.5, 0.6) is 0 Å².